The van der Waals surface area contributed by atoms with Crippen molar-refractivity contribution < 1.29 is 9.59 Å². The molecule has 1 aliphatic carbocycles. The Morgan fingerprint density at radius 3 is 2.62 bits per heavy atom. The standard InChI is InChI=1S/C17H20N4O2S/c1-11-5-7-13(8-6-11)16-20-21-17(24-16)19-14(22)9-10-18-15(23)12-3-2-4-12/h5-8,12H,2-4,9-10H2,1H3,(H,18,23)(H,19,21,22). The normalized spacial score (nSPS) is 14.0. The molecule has 1 aromatic carbocycles. The third-order valence-corrected chi connectivity index (χ3v) is 4.98. The number of hydrogen-bond donors (Lipinski definition) is 2. The second-order valence-corrected chi connectivity index (χ2v) is 6.97. The van der Waals surface area contributed by atoms with Crippen LogP contribution >= 0.6 is 11.3 Å². The first-order valence-electron chi connectivity index (χ1n) is 8.10. The molecule has 2 N–H and O–H groups in total. The van der Waals surface area contributed by atoms with E-state index < -0.39 is 0 Å². The fraction of sp³-hybridized carbons (Fsp3) is 0.412. The highest BCUT2D eigenvalue weighted by Crippen LogP contribution is 2.27. The first-order chi connectivity index (χ1) is 11.6. The highest BCUT2D eigenvalue weighted by Gasteiger charge is 2.24. The van der Waals surface area contributed by atoms with Crippen molar-refractivity contribution in [3.8, 4) is 10.6 Å². The van der Waals surface area contributed by atoms with E-state index in [9.17, 15) is 9.59 Å². The van der Waals surface area contributed by atoms with E-state index in [-0.39, 0.29) is 24.2 Å². The Kier molecular flexibility index (Phi) is 5.20. The van der Waals surface area contributed by atoms with Gasteiger partial charge in [0.1, 0.15) is 5.01 Å². The van der Waals surface area contributed by atoms with E-state index in [0.717, 1.165) is 29.8 Å². The fourth-order valence-corrected chi connectivity index (χ4v) is 3.15. The summed E-state index contributed by atoms with van der Waals surface area (Å²) < 4.78 is 0. The van der Waals surface area contributed by atoms with E-state index in [1.807, 2.05) is 31.2 Å². The lowest BCUT2D eigenvalue weighted by Gasteiger charge is -2.23. The van der Waals surface area contributed by atoms with Crippen LogP contribution in [0.3, 0.4) is 0 Å². The van der Waals surface area contributed by atoms with E-state index in [0.29, 0.717) is 11.7 Å². The number of benzene rings is 1. The zero-order valence-electron chi connectivity index (χ0n) is 13.5. The topological polar surface area (TPSA) is 84.0 Å². The van der Waals surface area contributed by atoms with E-state index in [2.05, 4.69) is 20.8 Å². The Hall–Kier alpha value is -2.28. The molecule has 0 aliphatic heterocycles. The van der Waals surface area contributed by atoms with Crippen molar-refractivity contribution in [1.29, 1.82) is 0 Å². The van der Waals surface area contributed by atoms with Crippen LogP contribution in [0.15, 0.2) is 24.3 Å². The maximum Gasteiger partial charge on any atom is 0.227 e. The summed E-state index contributed by atoms with van der Waals surface area (Å²) in [5.41, 5.74) is 2.16. The van der Waals surface area contributed by atoms with Crippen molar-refractivity contribution in [3.63, 3.8) is 0 Å². The predicted molar refractivity (Wildman–Crippen MR) is 93.7 cm³/mol. The lowest BCUT2D eigenvalue weighted by Crippen LogP contribution is -2.36. The second kappa shape index (κ2) is 7.53. The van der Waals surface area contributed by atoms with Gasteiger partial charge in [0.05, 0.1) is 0 Å². The average Bonchev–Trinajstić information content (AvgIpc) is 2.94. The van der Waals surface area contributed by atoms with Crippen LogP contribution in [-0.4, -0.2) is 28.6 Å². The summed E-state index contributed by atoms with van der Waals surface area (Å²) in [7, 11) is 0. The number of aryl methyl sites for hydroxylation is 1. The summed E-state index contributed by atoms with van der Waals surface area (Å²) in [4.78, 5) is 23.6. The van der Waals surface area contributed by atoms with Crippen molar-refractivity contribution >= 4 is 28.3 Å². The van der Waals surface area contributed by atoms with Gasteiger partial charge in [0.25, 0.3) is 0 Å². The molecule has 1 aromatic heterocycles. The van der Waals surface area contributed by atoms with Crippen LogP contribution in [0.2, 0.25) is 0 Å². The van der Waals surface area contributed by atoms with Gasteiger partial charge in [-0.25, -0.2) is 0 Å². The highest BCUT2D eigenvalue weighted by atomic mass is 32.1. The van der Waals surface area contributed by atoms with Crippen molar-refractivity contribution in [1.82, 2.24) is 15.5 Å². The number of carbonyl (C=O) groups is 2. The van der Waals surface area contributed by atoms with Gasteiger partial charge in [0.2, 0.25) is 16.9 Å². The van der Waals surface area contributed by atoms with Gasteiger partial charge in [-0.2, -0.15) is 0 Å². The molecule has 3 rings (SSSR count). The molecule has 0 bridgehead atoms. The molecule has 0 radical (unpaired) electrons. The van der Waals surface area contributed by atoms with Crippen LogP contribution in [0.25, 0.3) is 10.6 Å². The Morgan fingerprint density at radius 2 is 1.96 bits per heavy atom. The summed E-state index contributed by atoms with van der Waals surface area (Å²) in [6.45, 7) is 2.38. The molecule has 126 valence electrons. The highest BCUT2D eigenvalue weighted by molar-refractivity contribution is 7.18. The maximum atomic E-state index is 11.9. The number of nitrogens with one attached hydrogen (secondary N) is 2. The minimum Gasteiger partial charge on any atom is -0.355 e. The minimum atomic E-state index is -0.171. The molecular formula is C17H20N4O2S. The smallest absolute Gasteiger partial charge is 0.227 e. The molecule has 6 nitrogen and oxygen atoms in total. The molecular weight excluding hydrogens is 324 g/mol. The van der Waals surface area contributed by atoms with Gasteiger partial charge in [-0.05, 0) is 19.8 Å². The van der Waals surface area contributed by atoms with Gasteiger partial charge in [0, 0.05) is 24.4 Å². The molecule has 0 spiro atoms. The molecule has 0 atom stereocenters. The van der Waals surface area contributed by atoms with Crippen LogP contribution in [0, 0.1) is 12.8 Å². The van der Waals surface area contributed by atoms with Crippen molar-refractivity contribution in [3.05, 3.63) is 29.8 Å². The molecule has 1 heterocycles. The maximum absolute atomic E-state index is 11.9. The first-order valence-corrected chi connectivity index (χ1v) is 8.91. The molecule has 0 unspecified atom stereocenters. The van der Waals surface area contributed by atoms with Crippen LogP contribution in [0.5, 0.6) is 0 Å². The number of amides is 2. The zero-order chi connectivity index (χ0) is 16.9. The van der Waals surface area contributed by atoms with Crippen LogP contribution in [-0.2, 0) is 9.59 Å². The summed E-state index contributed by atoms with van der Waals surface area (Å²) in [6.07, 6.45) is 3.28. The monoisotopic (exact) mass is 344 g/mol. The number of nitrogens with zero attached hydrogens (tertiary/aromatic N) is 2. The van der Waals surface area contributed by atoms with Gasteiger partial charge in [-0.3, -0.25) is 9.59 Å². The Labute approximate surface area is 144 Å². The van der Waals surface area contributed by atoms with E-state index in [4.69, 9.17) is 0 Å². The summed E-state index contributed by atoms with van der Waals surface area (Å²) in [5.74, 6) is 0.0374. The van der Waals surface area contributed by atoms with Gasteiger partial charge in [0.15, 0.2) is 0 Å². The van der Waals surface area contributed by atoms with Gasteiger partial charge in [-0.1, -0.05) is 47.6 Å². The van der Waals surface area contributed by atoms with Crippen molar-refractivity contribution in [2.24, 2.45) is 5.92 Å². The van der Waals surface area contributed by atoms with Crippen LogP contribution < -0.4 is 10.6 Å². The summed E-state index contributed by atoms with van der Waals surface area (Å²) >= 11 is 1.34. The number of aromatic nitrogens is 2. The largest absolute Gasteiger partial charge is 0.355 e. The Morgan fingerprint density at radius 1 is 1.21 bits per heavy atom. The molecule has 1 aliphatic rings. The third kappa shape index (κ3) is 4.17. The quantitative estimate of drug-likeness (QED) is 0.844. The molecule has 7 heteroatoms. The molecule has 24 heavy (non-hydrogen) atoms. The van der Waals surface area contributed by atoms with E-state index >= 15 is 0 Å². The van der Waals surface area contributed by atoms with Gasteiger partial charge in [-0.15, -0.1) is 10.2 Å². The number of carbonyl (C=O) groups excluding carboxylic acids is 2. The molecule has 0 saturated heterocycles. The summed E-state index contributed by atoms with van der Waals surface area (Å²) in [5, 5.41) is 14.9. The molecule has 1 saturated carbocycles. The minimum absolute atomic E-state index is 0.0617. The number of anilines is 1. The fourth-order valence-electron chi connectivity index (χ4n) is 2.38. The van der Waals surface area contributed by atoms with Crippen molar-refractivity contribution in [2.75, 3.05) is 11.9 Å². The van der Waals surface area contributed by atoms with E-state index in [1.54, 1.807) is 0 Å². The average molecular weight is 344 g/mol. The van der Waals surface area contributed by atoms with E-state index in [1.165, 1.54) is 16.9 Å². The molecule has 2 aromatic rings. The van der Waals surface area contributed by atoms with Crippen molar-refractivity contribution in [2.45, 2.75) is 32.6 Å². The first kappa shape index (κ1) is 16.6. The summed E-state index contributed by atoms with van der Waals surface area (Å²) in [6, 6.07) is 7.99. The number of rotatable bonds is 6. The molecule has 2 amide bonds. The molecule has 1 fully saturated rings. The SMILES string of the molecule is Cc1ccc(-c2nnc(NC(=O)CCNC(=O)C3CCC3)s2)cc1. The lowest BCUT2D eigenvalue weighted by molar-refractivity contribution is -0.127. The lowest BCUT2D eigenvalue weighted by atomic mass is 9.85. The Balaban J connectivity index is 1.46. The number of hydrogen-bond acceptors (Lipinski definition) is 5. The predicted octanol–water partition coefficient (Wildman–Crippen LogP) is 2.76. The third-order valence-electron chi connectivity index (χ3n) is 4.10. The second-order valence-electron chi connectivity index (χ2n) is 6.00. The Bertz CT molecular complexity index is 722. The van der Waals surface area contributed by atoms with Gasteiger partial charge >= 0.3 is 0 Å². The van der Waals surface area contributed by atoms with Crippen LogP contribution in [0.1, 0.15) is 31.2 Å². The zero-order valence-corrected chi connectivity index (χ0v) is 14.4. The van der Waals surface area contributed by atoms with Crippen LogP contribution in [0.4, 0.5) is 5.13 Å². The van der Waals surface area contributed by atoms with Gasteiger partial charge < -0.3 is 10.6 Å².